The maximum absolute atomic E-state index is 14.0. The molecule has 2 heterocycles. The van der Waals surface area contributed by atoms with Gasteiger partial charge in [-0.2, -0.15) is 4.31 Å². The normalized spacial score (nSPS) is 20.5. The Morgan fingerprint density at radius 1 is 1.14 bits per heavy atom. The third kappa shape index (κ3) is 3.83. The molecule has 1 aliphatic heterocycles. The van der Waals surface area contributed by atoms with Crippen molar-refractivity contribution in [3.05, 3.63) is 51.2 Å². The molecule has 2 aliphatic rings. The summed E-state index contributed by atoms with van der Waals surface area (Å²) in [6, 6.07) is 4.95. The molecule has 1 atom stereocenters. The van der Waals surface area contributed by atoms with E-state index in [0.29, 0.717) is 10.8 Å². The van der Waals surface area contributed by atoms with Crippen molar-refractivity contribution in [3.8, 4) is 0 Å². The number of hydrogen-bond acceptors (Lipinski definition) is 4. The van der Waals surface area contributed by atoms with E-state index in [1.54, 1.807) is 4.90 Å². The number of carbonyl (C=O) groups is 1. The molecular formula is C20H22F2N2O3S2. The number of carbonyl (C=O) groups excluding carboxylic acids is 1. The number of fused-ring (bicyclic) bond motifs is 1. The summed E-state index contributed by atoms with van der Waals surface area (Å²) in [5.74, 6) is -1.71. The number of amides is 1. The van der Waals surface area contributed by atoms with Crippen LogP contribution in [0.2, 0.25) is 0 Å². The Hall–Kier alpha value is -1.84. The van der Waals surface area contributed by atoms with Crippen LogP contribution in [0.5, 0.6) is 0 Å². The van der Waals surface area contributed by atoms with Gasteiger partial charge in [0.1, 0.15) is 11.6 Å². The maximum Gasteiger partial charge on any atom is 0.264 e. The zero-order chi connectivity index (χ0) is 20.8. The predicted molar refractivity (Wildman–Crippen MR) is 107 cm³/mol. The molecule has 1 aromatic carbocycles. The van der Waals surface area contributed by atoms with Crippen LogP contribution >= 0.6 is 11.3 Å². The van der Waals surface area contributed by atoms with E-state index in [0.717, 1.165) is 41.8 Å². The average Bonchev–Trinajstić information content (AvgIpc) is 3.10. The van der Waals surface area contributed by atoms with Gasteiger partial charge in [-0.1, -0.05) is 13.0 Å². The van der Waals surface area contributed by atoms with Crippen LogP contribution in [-0.4, -0.2) is 49.7 Å². The number of rotatable bonds is 3. The van der Waals surface area contributed by atoms with Crippen molar-refractivity contribution in [2.75, 3.05) is 26.2 Å². The summed E-state index contributed by atoms with van der Waals surface area (Å²) in [5.41, 5.74) is 1.24. The lowest BCUT2D eigenvalue weighted by Gasteiger charge is -2.33. The molecule has 156 valence electrons. The van der Waals surface area contributed by atoms with Gasteiger partial charge in [0.15, 0.2) is 4.90 Å². The largest absolute Gasteiger partial charge is 0.335 e. The average molecular weight is 441 g/mol. The minimum absolute atomic E-state index is 0.00394. The van der Waals surface area contributed by atoms with Gasteiger partial charge in [0.25, 0.3) is 5.91 Å². The highest BCUT2D eigenvalue weighted by molar-refractivity contribution is 7.89. The lowest BCUT2D eigenvalue weighted by Crippen LogP contribution is -2.50. The van der Waals surface area contributed by atoms with Gasteiger partial charge in [0.05, 0.1) is 4.88 Å². The molecule has 0 bridgehead atoms. The lowest BCUT2D eigenvalue weighted by molar-refractivity contribution is 0.0702. The summed E-state index contributed by atoms with van der Waals surface area (Å²) in [6.45, 7) is 2.59. The fraction of sp³-hybridized carbons (Fsp3) is 0.450. The van der Waals surface area contributed by atoms with Crippen molar-refractivity contribution in [3.63, 3.8) is 0 Å². The summed E-state index contributed by atoms with van der Waals surface area (Å²) >= 11 is 1.52. The fourth-order valence-corrected chi connectivity index (χ4v) is 6.66. The van der Waals surface area contributed by atoms with Crippen LogP contribution in [-0.2, 0) is 22.9 Å². The number of sulfonamides is 1. The van der Waals surface area contributed by atoms with Crippen LogP contribution in [0.1, 0.15) is 33.5 Å². The zero-order valence-corrected chi connectivity index (χ0v) is 17.7. The second kappa shape index (κ2) is 7.77. The molecule has 0 spiro atoms. The van der Waals surface area contributed by atoms with Gasteiger partial charge in [0, 0.05) is 31.1 Å². The second-order valence-corrected chi connectivity index (χ2v) is 10.7. The van der Waals surface area contributed by atoms with Crippen molar-refractivity contribution < 1.29 is 22.0 Å². The van der Waals surface area contributed by atoms with Gasteiger partial charge in [0.2, 0.25) is 10.0 Å². The molecule has 2 aromatic rings. The van der Waals surface area contributed by atoms with Gasteiger partial charge < -0.3 is 4.90 Å². The van der Waals surface area contributed by atoms with Gasteiger partial charge in [-0.15, -0.1) is 11.3 Å². The molecule has 1 fully saturated rings. The third-order valence-corrected chi connectivity index (χ3v) is 8.76. The Morgan fingerprint density at radius 2 is 1.79 bits per heavy atom. The summed E-state index contributed by atoms with van der Waals surface area (Å²) in [7, 11) is -4.30. The number of hydrogen-bond donors (Lipinski definition) is 0. The van der Waals surface area contributed by atoms with Crippen LogP contribution in [0.3, 0.4) is 0 Å². The quantitative estimate of drug-likeness (QED) is 0.736. The van der Waals surface area contributed by atoms with E-state index >= 15 is 0 Å². The molecule has 29 heavy (non-hydrogen) atoms. The molecule has 4 rings (SSSR count). The molecular weight excluding hydrogens is 418 g/mol. The predicted octanol–water partition coefficient (Wildman–Crippen LogP) is 3.30. The Bertz CT molecular complexity index is 1020. The summed E-state index contributed by atoms with van der Waals surface area (Å²) < 4.78 is 54.3. The smallest absolute Gasteiger partial charge is 0.264 e. The Labute approximate surface area is 173 Å². The van der Waals surface area contributed by atoms with E-state index in [2.05, 4.69) is 6.92 Å². The van der Waals surface area contributed by atoms with Gasteiger partial charge in [-0.25, -0.2) is 17.2 Å². The Kier molecular flexibility index (Phi) is 5.48. The minimum atomic E-state index is -4.30. The monoisotopic (exact) mass is 440 g/mol. The SMILES string of the molecule is CC1CCc2sc(C(=O)N3CCN(S(=O)(=O)c4c(F)cccc4F)CC3)cc2C1. The van der Waals surface area contributed by atoms with Crippen LogP contribution < -0.4 is 0 Å². The fourth-order valence-electron chi connectivity index (χ4n) is 3.96. The first-order chi connectivity index (χ1) is 13.8. The molecule has 1 unspecified atom stereocenters. The van der Waals surface area contributed by atoms with Crippen LogP contribution in [0.15, 0.2) is 29.2 Å². The van der Waals surface area contributed by atoms with Crippen molar-refractivity contribution in [1.82, 2.24) is 9.21 Å². The first-order valence-corrected chi connectivity index (χ1v) is 11.9. The first kappa shape index (κ1) is 20.4. The summed E-state index contributed by atoms with van der Waals surface area (Å²) in [5, 5.41) is 0. The van der Waals surface area contributed by atoms with E-state index in [1.807, 2.05) is 6.07 Å². The molecule has 0 saturated carbocycles. The molecule has 5 nitrogen and oxygen atoms in total. The Balaban J connectivity index is 1.46. The standard InChI is InChI=1S/C20H22F2N2O3S2/c1-13-5-6-17-14(11-13)12-18(28-17)20(25)23-7-9-24(10-8-23)29(26,27)19-15(21)3-2-4-16(19)22/h2-4,12-13H,5-11H2,1H3. The number of thiophene rings is 1. The number of halogens is 2. The second-order valence-electron chi connectivity index (χ2n) is 7.65. The van der Waals surface area contributed by atoms with E-state index in [1.165, 1.54) is 21.8 Å². The van der Waals surface area contributed by atoms with E-state index in [4.69, 9.17) is 0 Å². The molecule has 1 aliphatic carbocycles. The third-order valence-electron chi connectivity index (χ3n) is 5.58. The number of nitrogens with zero attached hydrogens (tertiary/aromatic N) is 2. The van der Waals surface area contributed by atoms with Crippen molar-refractivity contribution in [2.45, 2.75) is 31.1 Å². The summed E-state index contributed by atoms with van der Waals surface area (Å²) in [4.78, 5) is 15.5. The molecule has 1 aromatic heterocycles. The first-order valence-electron chi connectivity index (χ1n) is 9.62. The highest BCUT2D eigenvalue weighted by atomic mass is 32.2. The van der Waals surface area contributed by atoms with Crippen molar-refractivity contribution in [2.24, 2.45) is 5.92 Å². The molecule has 1 amide bonds. The topological polar surface area (TPSA) is 57.7 Å². The number of piperazine rings is 1. The molecule has 9 heteroatoms. The molecule has 0 N–H and O–H groups in total. The highest BCUT2D eigenvalue weighted by Gasteiger charge is 2.34. The van der Waals surface area contributed by atoms with Gasteiger partial charge in [-0.05, 0) is 48.9 Å². The van der Waals surface area contributed by atoms with Crippen LogP contribution in [0, 0.1) is 17.6 Å². The Morgan fingerprint density at radius 3 is 2.45 bits per heavy atom. The highest BCUT2D eigenvalue weighted by Crippen LogP contribution is 2.33. The molecule has 0 radical (unpaired) electrons. The lowest BCUT2D eigenvalue weighted by atomic mass is 9.90. The number of benzene rings is 1. The van der Waals surface area contributed by atoms with Crippen molar-refractivity contribution in [1.29, 1.82) is 0 Å². The van der Waals surface area contributed by atoms with E-state index in [-0.39, 0.29) is 32.1 Å². The minimum Gasteiger partial charge on any atom is -0.335 e. The van der Waals surface area contributed by atoms with E-state index in [9.17, 15) is 22.0 Å². The van der Waals surface area contributed by atoms with Crippen LogP contribution in [0.4, 0.5) is 8.78 Å². The molecule has 1 saturated heterocycles. The van der Waals surface area contributed by atoms with Gasteiger partial charge >= 0.3 is 0 Å². The zero-order valence-electron chi connectivity index (χ0n) is 16.0. The van der Waals surface area contributed by atoms with Gasteiger partial charge in [-0.3, -0.25) is 4.79 Å². The van der Waals surface area contributed by atoms with Crippen molar-refractivity contribution >= 4 is 27.3 Å². The summed E-state index contributed by atoms with van der Waals surface area (Å²) in [6.07, 6.45) is 3.11. The van der Waals surface area contributed by atoms with Crippen LogP contribution in [0.25, 0.3) is 0 Å². The maximum atomic E-state index is 14.0. The number of aryl methyl sites for hydroxylation is 1. The van der Waals surface area contributed by atoms with E-state index < -0.39 is 26.6 Å².